The number of cyclic esters (lactones) is 1. The Morgan fingerprint density at radius 3 is 2.72 bits per heavy atom. The summed E-state index contributed by atoms with van der Waals surface area (Å²) in [7, 11) is 2.88. The molecular weight excluding hydrogens is 238 g/mol. The number of methoxy groups -OCH3 is 1. The fourth-order valence-corrected chi connectivity index (χ4v) is 2.00. The molecule has 1 aromatic carbocycles. The molecule has 1 fully saturated rings. The molecule has 1 amide bonds. The number of ether oxygens (including phenoxy) is 2. The van der Waals surface area contributed by atoms with E-state index in [1.54, 1.807) is 24.3 Å². The number of rotatable bonds is 3. The van der Waals surface area contributed by atoms with Crippen molar-refractivity contribution in [1.82, 2.24) is 4.90 Å². The molecule has 1 N–H and O–H groups in total. The number of amides is 1. The zero-order valence-corrected chi connectivity index (χ0v) is 9.99. The van der Waals surface area contributed by atoms with Gasteiger partial charge in [0.25, 0.3) is 0 Å². The number of aliphatic carboxylic acids is 1. The third kappa shape index (κ3) is 1.85. The number of benzene rings is 1. The van der Waals surface area contributed by atoms with Crippen molar-refractivity contribution in [2.75, 3.05) is 14.2 Å². The van der Waals surface area contributed by atoms with Gasteiger partial charge < -0.3 is 14.6 Å². The topological polar surface area (TPSA) is 76.1 Å². The Kier molecular flexibility index (Phi) is 3.10. The highest BCUT2D eigenvalue weighted by Crippen LogP contribution is 2.36. The van der Waals surface area contributed by atoms with Crippen LogP contribution in [0.15, 0.2) is 24.3 Å². The van der Waals surface area contributed by atoms with E-state index in [1.807, 2.05) is 0 Å². The van der Waals surface area contributed by atoms with Gasteiger partial charge >= 0.3 is 12.1 Å². The van der Waals surface area contributed by atoms with Gasteiger partial charge in [-0.05, 0) is 6.07 Å². The largest absolute Gasteiger partial charge is 0.496 e. The second-order valence-corrected chi connectivity index (χ2v) is 3.94. The Morgan fingerprint density at radius 1 is 1.44 bits per heavy atom. The predicted molar refractivity (Wildman–Crippen MR) is 61.4 cm³/mol. The minimum absolute atomic E-state index is 0.497. The summed E-state index contributed by atoms with van der Waals surface area (Å²) in [5.74, 6) is -0.615. The summed E-state index contributed by atoms with van der Waals surface area (Å²) in [6.07, 6.45) is -1.52. The summed E-state index contributed by atoms with van der Waals surface area (Å²) >= 11 is 0. The highest BCUT2D eigenvalue weighted by Gasteiger charge is 2.46. The van der Waals surface area contributed by atoms with E-state index < -0.39 is 24.2 Å². The Labute approximate surface area is 104 Å². The van der Waals surface area contributed by atoms with E-state index in [2.05, 4.69) is 0 Å². The first-order chi connectivity index (χ1) is 8.56. The second kappa shape index (κ2) is 4.56. The van der Waals surface area contributed by atoms with E-state index in [0.717, 1.165) is 4.90 Å². The minimum Gasteiger partial charge on any atom is -0.496 e. The van der Waals surface area contributed by atoms with Gasteiger partial charge in [0.05, 0.1) is 7.11 Å². The maximum Gasteiger partial charge on any atom is 0.411 e. The first kappa shape index (κ1) is 12.2. The van der Waals surface area contributed by atoms with Gasteiger partial charge in [0.15, 0.2) is 12.1 Å². The Bertz CT molecular complexity index is 487. The molecule has 96 valence electrons. The van der Waals surface area contributed by atoms with Crippen LogP contribution in [0.1, 0.15) is 11.7 Å². The van der Waals surface area contributed by atoms with Gasteiger partial charge in [-0.15, -0.1) is 0 Å². The summed E-state index contributed by atoms with van der Waals surface area (Å²) in [5.41, 5.74) is 0.546. The molecule has 1 saturated heterocycles. The average molecular weight is 251 g/mol. The van der Waals surface area contributed by atoms with Gasteiger partial charge in [0.1, 0.15) is 5.75 Å². The summed E-state index contributed by atoms with van der Waals surface area (Å²) in [4.78, 5) is 23.8. The van der Waals surface area contributed by atoms with Crippen LogP contribution < -0.4 is 4.74 Å². The van der Waals surface area contributed by atoms with Crippen LogP contribution in [0.5, 0.6) is 5.75 Å². The highest BCUT2D eigenvalue weighted by atomic mass is 16.6. The number of nitrogens with zero attached hydrogens (tertiary/aromatic N) is 1. The fourth-order valence-electron chi connectivity index (χ4n) is 2.00. The summed E-state index contributed by atoms with van der Waals surface area (Å²) in [6, 6.07) is 5.84. The summed E-state index contributed by atoms with van der Waals surface area (Å²) in [6.45, 7) is 0. The third-order valence-electron chi connectivity index (χ3n) is 2.92. The van der Waals surface area contributed by atoms with Crippen molar-refractivity contribution in [1.29, 1.82) is 0 Å². The molecule has 1 aliphatic heterocycles. The molecule has 18 heavy (non-hydrogen) atoms. The lowest BCUT2D eigenvalue weighted by Crippen LogP contribution is -2.37. The molecule has 2 unspecified atom stereocenters. The molecule has 1 heterocycles. The van der Waals surface area contributed by atoms with Gasteiger partial charge in [0, 0.05) is 12.6 Å². The molecule has 1 aliphatic rings. The molecule has 1 aromatic rings. The summed E-state index contributed by atoms with van der Waals surface area (Å²) in [5, 5.41) is 9.18. The Morgan fingerprint density at radius 2 is 2.11 bits per heavy atom. The molecule has 0 aliphatic carbocycles. The molecule has 0 bridgehead atoms. The van der Waals surface area contributed by atoms with Crippen LogP contribution in [0.3, 0.4) is 0 Å². The van der Waals surface area contributed by atoms with Gasteiger partial charge in [0.2, 0.25) is 0 Å². The molecule has 6 nitrogen and oxygen atoms in total. The lowest BCUT2D eigenvalue weighted by atomic mass is 10.0. The van der Waals surface area contributed by atoms with E-state index in [9.17, 15) is 14.7 Å². The summed E-state index contributed by atoms with van der Waals surface area (Å²) < 4.78 is 10.3. The molecule has 0 saturated carbocycles. The van der Waals surface area contributed by atoms with Crippen molar-refractivity contribution in [2.24, 2.45) is 0 Å². The first-order valence-corrected chi connectivity index (χ1v) is 5.35. The molecular formula is C12H13NO5. The molecule has 0 radical (unpaired) electrons. The van der Waals surface area contributed by atoms with Crippen LogP contribution >= 0.6 is 0 Å². The maximum absolute atomic E-state index is 11.5. The number of likely N-dealkylation sites (N-methyl/N-ethyl adjacent to an activating group) is 1. The van der Waals surface area contributed by atoms with Gasteiger partial charge in [-0.1, -0.05) is 18.2 Å². The van der Waals surface area contributed by atoms with Gasteiger partial charge in [-0.3, -0.25) is 4.90 Å². The van der Waals surface area contributed by atoms with Gasteiger partial charge in [-0.25, -0.2) is 9.59 Å². The lowest BCUT2D eigenvalue weighted by molar-refractivity contribution is -0.142. The number of para-hydroxylation sites is 1. The smallest absolute Gasteiger partial charge is 0.411 e. The third-order valence-corrected chi connectivity index (χ3v) is 2.92. The van der Waals surface area contributed by atoms with Crippen molar-refractivity contribution in [3.05, 3.63) is 29.8 Å². The number of carbonyl (C=O) groups is 2. The van der Waals surface area contributed by atoms with Crippen molar-refractivity contribution < 1.29 is 24.2 Å². The Hall–Kier alpha value is -2.24. The number of carboxylic acids is 1. The quantitative estimate of drug-likeness (QED) is 0.875. The normalized spacial score (nSPS) is 22.8. The molecule has 2 rings (SSSR count). The van der Waals surface area contributed by atoms with Crippen molar-refractivity contribution in [3.63, 3.8) is 0 Å². The van der Waals surface area contributed by atoms with Crippen LogP contribution in [-0.2, 0) is 9.53 Å². The first-order valence-electron chi connectivity index (χ1n) is 5.35. The number of carbonyl (C=O) groups excluding carboxylic acids is 1. The number of hydrogen-bond acceptors (Lipinski definition) is 4. The van der Waals surface area contributed by atoms with E-state index in [-0.39, 0.29) is 0 Å². The van der Waals surface area contributed by atoms with E-state index in [0.29, 0.717) is 11.3 Å². The predicted octanol–water partition coefficient (Wildman–Crippen LogP) is 1.27. The fraction of sp³-hybridized carbons (Fsp3) is 0.333. The van der Waals surface area contributed by atoms with Crippen LogP contribution in [0.4, 0.5) is 4.79 Å². The SMILES string of the molecule is COc1ccccc1C1OC(=O)N(C)C1C(=O)O. The minimum atomic E-state index is -1.11. The van der Waals surface area contributed by atoms with Crippen LogP contribution in [0.25, 0.3) is 0 Å². The molecule has 0 spiro atoms. The van der Waals surface area contributed by atoms with E-state index in [4.69, 9.17) is 9.47 Å². The van der Waals surface area contributed by atoms with E-state index >= 15 is 0 Å². The van der Waals surface area contributed by atoms with Crippen LogP contribution in [-0.4, -0.2) is 42.3 Å². The van der Waals surface area contributed by atoms with E-state index in [1.165, 1.54) is 14.2 Å². The number of carboxylic acid groups (broad SMARTS) is 1. The van der Waals surface area contributed by atoms with Crippen LogP contribution in [0.2, 0.25) is 0 Å². The molecule has 2 atom stereocenters. The van der Waals surface area contributed by atoms with Crippen molar-refractivity contribution in [2.45, 2.75) is 12.1 Å². The molecule has 0 aromatic heterocycles. The van der Waals surface area contributed by atoms with Gasteiger partial charge in [-0.2, -0.15) is 0 Å². The standard InChI is InChI=1S/C12H13NO5/c1-13-9(11(14)15)10(18-12(13)16)7-5-3-4-6-8(7)17-2/h3-6,9-10H,1-2H3,(H,14,15). The van der Waals surface area contributed by atoms with Crippen molar-refractivity contribution >= 4 is 12.1 Å². The molecule has 6 heteroatoms. The lowest BCUT2D eigenvalue weighted by Gasteiger charge is -2.18. The van der Waals surface area contributed by atoms with Crippen LogP contribution in [0, 0.1) is 0 Å². The van der Waals surface area contributed by atoms with Crippen molar-refractivity contribution in [3.8, 4) is 5.75 Å². The maximum atomic E-state index is 11.5. The second-order valence-electron chi connectivity index (χ2n) is 3.94. The monoisotopic (exact) mass is 251 g/mol. The average Bonchev–Trinajstić information content (AvgIpc) is 2.65. The Balaban J connectivity index is 2.43. The zero-order valence-electron chi connectivity index (χ0n) is 9.99. The highest BCUT2D eigenvalue weighted by molar-refractivity contribution is 5.84. The number of hydrogen-bond donors (Lipinski definition) is 1. The zero-order chi connectivity index (χ0) is 13.3.